The van der Waals surface area contributed by atoms with Crippen LogP contribution in [0.3, 0.4) is 0 Å². The number of hydrogen-bond acceptors (Lipinski definition) is 14. The first-order valence-corrected chi connectivity index (χ1v) is 15.2. The number of H-pyrrole nitrogens is 1. The smallest absolute Gasteiger partial charge is 0.381 e. The summed E-state index contributed by atoms with van der Waals surface area (Å²) in [4.78, 5) is 31.3. The highest BCUT2D eigenvalue weighted by atomic mass is 32.7. The van der Waals surface area contributed by atoms with E-state index in [2.05, 4.69) is 42.3 Å². The van der Waals surface area contributed by atoms with Gasteiger partial charge in [-0.05, 0) is 18.8 Å². The first kappa shape index (κ1) is 25.8. The minimum absolute atomic E-state index is 0.00742. The van der Waals surface area contributed by atoms with Crippen LogP contribution in [0.15, 0.2) is 23.6 Å². The van der Waals surface area contributed by atoms with E-state index in [4.69, 9.17) is 34.7 Å². The molecule has 7 heterocycles. The summed E-state index contributed by atoms with van der Waals surface area (Å²) in [6.45, 7) is -3.57. The first-order chi connectivity index (χ1) is 19.3. The van der Waals surface area contributed by atoms with Gasteiger partial charge in [0, 0.05) is 6.42 Å². The van der Waals surface area contributed by atoms with Crippen LogP contribution >= 0.6 is 19.0 Å². The minimum Gasteiger partial charge on any atom is -0.381 e. The van der Waals surface area contributed by atoms with Gasteiger partial charge in [-0.15, -0.1) is 0 Å². The molecule has 4 aromatic rings. The van der Waals surface area contributed by atoms with Gasteiger partial charge in [-0.25, -0.2) is 24.0 Å². The predicted octanol–water partition coefficient (Wildman–Crippen LogP) is 0.973. The second-order valence-corrected chi connectivity index (χ2v) is 12.6. The molecule has 0 aromatic carbocycles. The minimum atomic E-state index is -3.90. The molecule has 7 rings (SSSR count). The predicted molar refractivity (Wildman–Crippen MR) is 140 cm³/mol. The lowest BCUT2D eigenvalue weighted by Gasteiger charge is -2.24. The molecule has 0 amide bonds. The topological polar surface area (TPSA) is 222 Å². The fourth-order valence-corrected chi connectivity index (χ4v) is 6.94. The lowest BCUT2D eigenvalue weighted by atomic mass is 9.95. The molecule has 0 saturated carbocycles. The number of fused-ring (bicyclic) bond motifs is 5. The second kappa shape index (κ2) is 9.76. The molecule has 2 bridgehead atoms. The molecular formula is C21H25N10O7PS. The van der Waals surface area contributed by atoms with Crippen LogP contribution in [0, 0.1) is 5.92 Å². The van der Waals surface area contributed by atoms with E-state index < -0.39 is 37.1 Å². The number of rotatable bonds is 2. The average Bonchev–Trinajstić information content (AvgIpc) is 3.67. The van der Waals surface area contributed by atoms with E-state index in [9.17, 15) is 9.36 Å². The van der Waals surface area contributed by atoms with Gasteiger partial charge in [0.25, 0.3) is 5.56 Å². The maximum atomic E-state index is 13.4. The largest absolute Gasteiger partial charge is 0.386 e. The number of hydrogen-bond donors (Lipinski definition) is 4. The van der Waals surface area contributed by atoms with E-state index in [1.807, 2.05) is 0 Å². The molecule has 3 aliphatic rings. The zero-order valence-corrected chi connectivity index (χ0v) is 22.6. The average molecular weight is 593 g/mol. The number of nitrogens with one attached hydrogen (secondary N) is 1. The Bertz CT molecular complexity index is 1700. The van der Waals surface area contributed by atoms with Gasteiger partial charge in [-0.1, -0.05) is 12.2 Å². The summed E-state index contributed by atoms with van der Waals surface area (Å²) in [5.41, 5.74) is 12.6. The van der Waals surface area contributed by atoms with Crippen molar-refractivity contribution in [2.24, 2.45) is 5.92 Å². The highest BCUT2D eigenvalue weighted by Crippen LogP contribution is 2.57. The lowest BCUT2D eigenvalue weighted by Crippen LogP contribution is -2.25. The maximum Gasteiger partial charge on any atom is 0.386 e. The van der Waals surface area contributed by atoms with Gasteiger partial charge in [-0.2, -0.15) is 10.1 Å². The Morgan fingerprint density at radius 1 is 1.12 bits per heavy atom. The molecular weight excluding hydrogens is 567 g/mol. The normalized spacial score (nSPS) is 33.1. The molecule has 3 saturated heterocycles. The van der Waals surface area contributed by atoms with Crippen molar-refractivity contribution in [1.29, 1.82) is 0 Å². The van der Waals surface area contributed by atoms with E-state index >= 15 is 0 Å². The van der Waals surface area contributed by atoms with E-state index in [-0.39, 0.29) is 48.0 Å². The van der Waals surface area contributed by atoms with E-state index in [1.54, 1.807) is 10.7 Å². The van der Waals surface area contributed by atoms with Crippen LogP contribution in [0.1, 0.15) is 37.3 Å². The summed E-state index contributed by atoms with van der Waals surface area (Å²) in [6.07, 6.45) is 2.69. The van der Waals surface area contributed by atoms with Crippen LogP contribution in [0.25, 0.3) is 16.8 Å². The summed E-state index contributed by atoms with van der Waals surface area (Å²) >= 11 is 4.23. The van der Waals surface area contributed by atoms with Crippen molar-refractivity contribution >= 4 is 47.6 Å². The molecule has 40 heavy (non-hydrogen) atoms. The van der Waals surface area contributed by atoms with Crippen LogP contribution < -0.4 is 17.0 Å². The molecule has 0 radical (unpaired) electrons. The standard InChI is InChI=1S/C21H25N10O7PS/c22-16-18-24-5-10(31(18)27-7-25-16)11-3-9-1-2-34-14-4-12(38-39(33,40)35-6-13(9)36-11)20(37-14)30-8-26-15-17(30)28-21(23)29-19(15)32/h5,7-9,11-14,20H,1-4,6H2,(H,33,40)(H2,22,25,27)(H3,23,28,29,32)/t9-,11+,12+,13+,14?,20+,39?/m0/s1. The molecule has 3 fully saturated rings. The van der Waals surface area contributed by atoms with Crippen molar-refractivity contribution < 1.29 is 27.8 Å². The fourth-order valence-electron chi connectivity index (χ4n) is 5.45. The summed E-state index contributed by atoms with van der Waals surface area (Å²) in [5, 5.41) is 4.26. The van der Waals surface area contributed by atoms with Crippen molar-refractivity contribution in [3.63, 3.8) is 0 Å². The highest BCUT2D eigenvalue weighted by molar-refractivity contribution is 8.44. The van der Waals surface area contributed by atoms with Crippen LogP contribution in [0.2, 0.25) is 0 Å². The van der Waals surface area contributed by atoms with Gasteiger partial charge in [0.2, 0.25) is 5.95 Å². The number of imidazole rings is 2. The Labute approximate surface area is 230 Å². The number of thiol groups is 1. The molecule has 212 valence electrons. The van der Waals surface area contributed by atoms with E-state index in [0.29, 0.717) is 25.1 Å². The number of ether oxygens (including phenoxy) is 3. The Balaban J connectivity index is 1.13. The zero-order chi connectivity index (χ0) is 27.6. The third-order valence-corrected chi connectivity index (χ3v) is 8.93. The number of anilines is 2. The molecule has 17 nitrogen and oxygen atoms in total. The van der Waals surface area contributed by atoms with Gasteiger partial charge in [0.1, 0.15) is 18.5 Å². The van der Waals surface area contributed by atoms with Gasteiger partial charge in [0.05, 0.1) is 37.5 Å². The summed E-state index contributed by atoms with van der Waals surface area (Å²) < 4.78 is 46.6. The van der Waals surface area contributed by atoms with Gasteiger partial charge in [-0.3, -0.25) is 23.4 Å². The fraction of sp³-hybridized carbons (Fsp3) is 0.524. The number of nitrogens with two attached hydrogens (primary N) is 2. The van der Waals surface area contributed by atoms with Gasteiger partial charge in [0.15, 0.2) is 35.1 Å². The van der Waals surface area contributed by atoms with Gasteiger partial charge >= 0.3 is 6.80 Å². The quantitative estimate of drug-likeness (QED) is 0.188. The van der Waals surface area contributed by atoms with Crippen molar-refractivity contribution in [2.75, 3.05) is 24.7 Å². The molecule has 19 heteroatoms. The Hall–Kier alpha value is -3.12. The summed E-state index contributed by atoms with van der Waals surface area (Å²) in [5.74, 6) is 0.173. The number of nitrogen functional groups attached to an aromatic ring is 2. The monoisotopic (exact) mass is 592 g/mol. The zero-order valence-electron chi connectivity index (χ0n) is 20.8. The number of aromatic nitrogens is 8. The van der Waals surface area contributed by atoms with E-state index in [0.717, 1.165) is 5.69 Å². The molecule has 4 aromatic heterocycles. The Morgan fingerprint density at radius 2 is 2.00 bits per heavy atom. The van der Waals surface area contributed by atoms with Crippen molar-refractivity contribution in [3.05, 3.63) is 34.9 Å². The second-order valence-electron chi connectivity index (χ2n) is 9.76. The Morgan fingerprint density at radius 3 is 2.88 bits per heavy atom. The highest BCUT2D eigenvalue weighted by Gasteiger charge is 2.45. The van der Waals surface area contributed by atoms with Crippen molar-refractivity contribution in [1.82, 2.24) is 39.1 Å². The number of aromatic amines is 1. The third-order valence-electron chi connectivity index (χ3n) is 7.29. The van der Waals surface area contributed by atoms with Crippen LogP contribution in [-0.2, 0) is 27.8 Å². The van der Waals surface area contributed by atoms with Crippen LogP contribution in [-0.4, -0.2) is 70.8 Å². The molecule has 5 N–H and O–H groups in total. The van der Waals surface area contributed by atoms with Crippen molar-refractivity contribution in [3.8, 4) is 0 Å². The van der Waals surface area contributed by atoms with Crippen molar-refractivity contribution in [2.45, 2.75) is 50.1 Å². The SMILES string of the molecule is Nc1nc2c(ncn2[C@@H]2OC3C[C@H]2OP(=O)(S)OC[C@H]2O[C@@H](c4cnc5c(N)ncnn45)C[C@@H]2CCO3)c(=O)[nH]1. The molecule has 7 atom stereocenters. The lowest BCUT2D eigenvalue weighted by molar-refractivity contribution is -0.154. The molecule has 0 aliphatic carbocycles. The first-order valence-electron chi connectivity index (χ1n) is 12.5. The van der Waals surface area contributed by atoms with Crippen LogP contribution in [0.4, 0.5) is 11.8 Å². The Kier molecular flexibility index (Phi) is 6.30. The molecule has 2 unspecified atom stereocenters. The number of nitrogens with zero attached hydrogens (tertiary/aromatic N) is 7. The molecule has 0 spiro atoms. The summed E-state index contributed by atoms with van der Waals surface area (Å²) in [6, 6.07) is 0. The third kappa shape index (κ3) is 4.54. The van der Waals surface area contributed by atoms with Crippen LogP contribution in [0.5, 0.6) is 0 Å². The maximum absolute atomic E-state index is 13.4. The summed E-state index contributed by atoms with van der Waals surface area (Å²) in [7, 11) is 0. The van der Waals surface area contributed by atoms with Gasteiger partial charge < -0.3 is 25.7 Å². The van der Waals surface area contributed by atoms with E-state index in [1.165, 1.54) is 17.2 Å². The molecule has 3 aliphatic heterocycles.